The van der Waals surface area contributed by atoms with Crippen molar-refractivity contribution in [1.29, 1.82) is 0 Å². The second kappa shape index (κ2) is 5.82. The molecule has 0 radical (unpaired) electrons. The first-order valence-corrected chi connectivity index (χ1v) is 6.24. The van der Waals surface area contributed by atoms with Crippen molar-refractivity contribution >= 4 is 5.69 Å². The largest absolute Gasteiger partial charge is 0.490 e. The Kier molecular flexibility index (Phi) is 4.15. The third-order valence-corrected chi connectivity index (χ3v) is 3.30. The van der Waals surface area contributed by atoms with E-state index in [4.69, 9.17) is 4.74 Å². The van der Waals surface area contributed by atoms with Crippen molar-refractivity contribution in [3.05, 3.63) is 33.9 Å². The van der Waals surface area contributed by atoms with Crippen molar-refractivity contribution in [2.24, 2.45) is 0 Å². The molecule has 0 aliphatic carbocycles. The normalized spacial score (nSPS) is 16.5. The van der Waals surface area contributed by atoms with E-state index in [1.54, 1.807) is 6.07 Å². The minimum atomic E-state index is -0.413. The van der Waals surface area contributed by atoms with E-state index >= 15 is 0 Å². The number of hydrogen-bond donors (Lipinski definition) is 0. The van der Waals surface area contributed by atoms with Crippen LogP contribution in [0.1, 0.15) is 24.8 Å². The molecule has 1 saturated heterocycles. The van der Waals surface area contributed by atoms with Gasteiger partial charge in [-0.15, -0.1) is 0 Å². The Hall–Kier alpha value is -1.62. The highest BCUT2D eigenvalue weighted by Crippen LogP contribution is 2.28. The van der Waals surface area contributed by atoms with Crippen LogP contribution in [0.3, 0.4) is 0 Å². The molecule has 1 aromatic carbocycles. The number of benzene rings is 1. The third kappa shape index (κ3) is 2.98. The zero-order valence-electron chi connectivity index (χ0n) is 10.6. The van der Waals surface area contributed by atoms with Crippen molar-refractivity contribution in [2.45, 2.75) is 25.8 Å². The molecule has 0 unspecified atom stereocenters. The number of likely N-dealkylation sites (tertiary alicyclic amines) is 1. The zero-order valence-corrected chi connectivity index (χ0v) is 10.6. The monoisotopic (exact) mass is 250 g/mol. The topological polar surface area (TPSA) is 55.6 Å². The second-order valence-corrected chi connectivity index (χ2v) is 4.60. The van der Waals surface area contributed by atoms with Gasteiger partial charge in [0.15, 0.2) is 5.75 Å². The lowest BCUT2D eigenvalue weighted by Crippen LogP contribution is -2.29. The molecular formula is C13H18N2O3. The fourth-order valence-electron chi connectivity index (χ4n) is 2.35. The van der Waals surface area contributed by atoms with Gasteiger partial charge in [0, 0.05) is 12.6 Å². The first-order valence-electron chi connectivity index (χ1n) is 6.24. The molecule has 0 saturated carbocycles. The Labute approximate surface area is 107 Å². The fraction of sp³-hybridized carbons (Fsp3) is 0.538. The fourth-order valence-corrected chi connectivity index (χ4v) is 2.35. The summed E-state index contributed by atoms with van der Waals surface area (Å²) in [5.74, 6) is 0.342. The Morgan fingerprint density at radius 2 is 2.06 bits per heavy atom. The molecule has 0 aromatic heterocycles. The molecule has 98 valence electrons. The number of nitro benzene ring substituents is 1. The van der Waals surface area contributed by atoms with Crippen molar-refractivity contribution in [3.63, 3.8) is 0 Å². The average molecular weight is 250 g/mol. The summed E-state index contributed by atoms with van der Waals surface area (Å²) in [6, 6.07) is 5.11. The standard InChI is InChI=1S/C13H18N2O3/c1-18-13-9-11(5-6-12(13)15(16)17)10-14-7-3-2-4-8-14/h5-6,9H,2-4,7-8,10H2,1H3. The Bertz CT molecular complexity index is 428. The summed E-state index contributed by atoms with van der Waals surface area (Å²) < 4.78 is 5.08. The molecule has 0 bridgehead atoms. The number of nitrogens with zero attached hydrogens (tertiary/aromatic N) is 2. The Balaban J connectivity index is 2.11. The maximum atomic E-state index is 10.8. The molecule has 1 aliphatic rings. The summed E-state index contributed by atoms with van der Waals surface area (Å²) in [6.45, 7) is 3.06. The van der Waals surface area contributed by atoms with Crippen molar-refractivity contribution in [3.8, 4) is 5.75 Å². The number of nitro groups is 1. The van der Waals surface area contributed by atoms with Gasteiger partial charge in [0.2, 0.25) is 0 Å². The van der Waals surface area contributed by atoms with E-state index in [0.29, 0.717) is 5.75 Å². The summed E-state index contributed by atoms with van der Waals surface area (Å²) in [5.41, 5.74) is 1.10. The highest BCUT2D eigenvalue weighted by molar-refractivity contribution is 5.48. The molecule has 0 spiro atoms. The molecule has 1 heterocycles. The van der Waals surface area contributed by atoms with E-state index in [2.05, 4.69) is 4.90 Å². The molecule has 0 N–H and O–H groups in total. The van der Waals surface area contributed by atoms with Gasteiger partial charge in [-0.1, -0.05) is 12.5 Å². The number of hydrogen-bond acceptors (Lipinski definition) is 4. The lowest BCUT2D eigenvalue weighted by atomic mass is 10.1. The third-order valence-electron chi connectivity index (χ3n) is 3.30. The van der Waals surface area contributed by atoms with E-state index in [1.807, 2.05) is 6.07 Å². The van der Waals surface area contributed by atoms with Gasteiger partial charge in [-0.3, -0.25) is 15.0 Å². The lowest BCUT2D eigenvalue weighted by Gasteiger charge is -2.26. The predicted octanol–water partition coefficient (Wildman–Crippen LogP) is 2.59. The molecule has 0 amide bonds. The summed E-state index contributed by atoms with van der Waals surface area (Å²) in [4.78, 5) is 12.8. The van der Waals surface area contributed by atoms with Gasteiger partial charge in [0.05, 0.1) is 12.0 Å². The van der Waals surface area contributed by atoms with Gasteiger partial charge in [0.1, 0.15) is 0 Å². The van der Waals surface area contributed by atoms with Crippen LogP contribution < -0.4 is 4.74 Å². The molecule has 1 aromatic rings. The van der Waals surface area contributed by atoms with Crippen molar-refractivity contribution < 1.29 is 9.66 Å². The van der Waals surface area contributed by atoms with Crippen LogP contribution in [0.15, 0.2) is 18.2 Å². The lowest BCUT2D eigenvalue weighted by molar-refractivity contribution is -0.385. The van der Waals surface area contributed by atoms with E-state index in [-0.39, 0.29) is 5.69 Å². The van der Waals surface area contributed by atoms with Crippen LogP contribution in [0.5, 0.6) is 5.75 Å². The number of rotatable bonds is 4. The molecule has 1 fully saturated rings. The predicted molar refractivity (Wildman–Crippen MR) is 68.8 cm³/mol. The minimum Gasteiger partial charge on any atom is -0.490 e. The van der Waals surface area contributed by atoms with Crippen LogP contribution in [0.2, 0.25) is 0 Å². The number of ether oxygens (including phenoxy) is 1. The zero-order chi connectivity index (χ0) is 13.0. The minimum absolute atomic E-state index is 0.0277. The molecule has 18 heavy (non-hydrogen) atoms. The molecule has 0 atom stereocenters. The van der Waals surface area contributed by atoms with Crippen molar-refractivity contribution in [2.75, 3.05) is 20.2 Å². The Morgan fingerprint density at radius 3 is 2.67 bits per heavy atom. The molecule has 5 nitrogen and oxygen atoms in total. The van der Waals surface area contributed by atoms with Crippen molar-refractivity contribution in [1.82, 2.24) is 4.90 Å². The molecule has 2 rings (SSSR count). The van der Waals surface area contributed by atoms with Gasteiger partial charge >= 0.3 is 5.69 Å². The average Bonchev–Trinajstić information content (AvgIpc) is 2.39. The maximum Gasteiger partial charge on any atom is 0.310 e. The first-order chi connectivity index (χ1) is 8.70. The second-order valence-electron chi connectivity index (χ2n) is 4.60. The smallest absolute Gasteiger partial charge is 0.310 e. The van der Waals surface area contributed by atoms with Crippen LogP contribution >= 0.6 is 0 Å². The summed E-state index contributed by atoms with van der Waals surface area (Å²) >= 11 is 0. The Morgan fingerprint density at radius 1 is 1.33 bits per heavy atom. The summed E-state index contributed by atoms with van der Waals surface area (Å²) in [5, 5.41) is 10.8. The maximum absolute atomic E-state index is 10.8. The summed E-state index contributed by atoms with van der Waals surface area (Å²) in [7, 11) is 1.47. The SMILES string of the molecule is COc1cc(CN2CCCCC2)ccc1[N+](=O)[O-]. The van der Waals surface area contributed by atoms with Crippen LogP contribution in [0.4, 0.5) is 5.69 Å². The quantitative estimate of drug-likeness (QED) is 0.608. The molecular weight excluding hydrogens is 232 g/mol. The van der Waals surface area contributed by atoms with Crippen LogP contribution in [0, 0.1) is 10.1 Å². The highest BCUT2D eigenvalue weighted by Gasteiger charge is 2.16. The molecule has 1 aliphatic heterocycles. The van der Waals surface area contributed by atoms with Gasteiger partial charge in [-0.05, 0) is 37.6 Å². The van der Waals surface area contributed by atoms with Gasteiger partial charge in [0.25, 0.3) is 0 Å². The first kappa shape index (κ1) is 12.8. The van der Waals surface area contributed by atoms with Crippen LogP contribution in [-0.2, 0) is 6.54 Å². The van der Waals surface area contributed by atoms with E-state index in [0.717, 1.165) is 25.2 Å². The van der Waals surface area contributed by atoms with Crippen LogP contribution in [0.25, 0.3) is 0 Å². The highest BCUT2D eigenvalue weighted by atomic mass is 16.6. The van der Waals surface area contributed by atoms with Gasteiger partial charge in [-0.2, -0.15) is 0 Å². The van der Waals surface area contributed by atoms with E-state index < -0.39 is 4.92 Å². The van der Waals surface area contributed by atoms with Crippen LogP contribution in [-0.4, -0.2) is 30.0 Å². The summed E-state index contributed by atoms with van der Waals surface area (Å²) in [6.07, 6.45) is 3.79. The number of piperidine rings is 1. The number of methoxy groups -OCH3 is 1. The van der Waals surface area contributed by atoms with E-state index in [9.17, 15) is 10.1 Å². The molecule has 5 heteroatoms. The van der Waals surface area contributed by atoms with E-state index in [1.165, 1.54) is 32.4 Å². The van der Waals surface area contributed by atoms with Gasteiger partial charge < -0.3 is 4.74 Å². The van der Waals surface area contributed by atoms with Gasteiger partial charge in [-0.25, -0.2) is 0 Å².